The van der Waals surface area contributed by atoms with Gasteiger partial charge in [0.25, 0.3) is 0 Å². The molecule has 1 aliphatic rings. The zero-order valence-corrected chi connectivity index (χ0v) is 16.9. The van der Waals surface area contributed by atoms with Crippen molar-refractivity contribution in [1.29, 1.82) is 0 Å². The van der Waals surface area contributed by atoms with E-state index < -0.39 is 0 Å². The molecular formula is C29H28. The van der Waals surface area contributed by atoms with Crippen LogP contribution in [0.25, 0.3) is 16.7 Å². The van der Waals surface area contributed by atoms with Gasteiger partial charge in [0.15, 0.2) is 0 Å². The molecule has 0 aliphatic heterocycles. The van der Waals surface area contributed by atoms with Crippen LogP contribution in [0.4, 0.5) is 0 Å². The highest BCUT2D eigenvalue weighted by atomic mass is 14.2. The third-order valence-corrected chi connectivity index (χ3v) is 5.10. The predicted molar refractivity (Wildman–Crippen MR) is 129 cm³/mol. The zero-order valence-electron chi connectivity index (χ0n) is 16.9. The van der Waals surface area contributed by atoms with Gasteiger partial charge in [-0.25, -0.2) is 0 Å². The van der Waals surface area contributed by atoms with Gasteiger partial charge in [0.05, 0.1) is 0 Å². The molecule has 144 valence electrons. The van der Waals surface area contributed by atoms with Crippen molar-refractivity contribution in [1.82, 2.24) is 0 Å². The SMILES string of the molecule is C=C/C=C/Cc1cccc(-c2cc(/C(C=C)=C/C=C)cc(C3C=CC=CC3)c2)c1. The molecule has 0 radical (unpaired) electrons. The Bertz CT molecular complexity index is 1010. The van der Waals surface area contributed by atoms with Crippen molar-refractivity contribution < 1.29 is 0 Å². The Hall–Kier alpha value is -3.38. The van der Waals surface area contributed by atoms with Crippen LogP contribution >= 0.6 is 0 Å². The number of hydrogen-bond acceptors (Lipinski definition) is 0. The second kappa shape index (κ2) is 10.2. The summed E-state index contributed by atoms with van der Waals surface area (Å²) in [5.74, 6) is 0.396. The fraction of sp³-hybridized carbons (Fsp3) is 0.103. The van der Waals surface area contributed by atoms with E-state index in [-0.39, 0.29) is 0 Å². The van der Waals surface area contributed by atoms with E-state index >= 15 is 0 Å². The van der Waals surface area contributed by atoms with Crippen LogP contribution in [0.2, 0.25) is 0 Å². The minimum Gasteiger partial charge on any atom is -0.0991 e. The van der Waals surface area contributed by atoms with Crippen LogP contribution in [0.5, 0.6) is 0 Å². The normalized spacial score (nSPS) is 16.1. The smallest absolute Gasteiger partial charge is 0.00561 e. The van der Waals surface area contributed by atoms with E-state index in [4.69, 9.17) is 0 Å². The molecule has 0 heterocycles. The molecule has 0 N–H and O–H groups in total. The fourth-order valence-corrected chi connectivity index (χ4v) is 3.61. The second-order valence-electron chi connectivity index (χ2n) is 7.13. The first kappa shape index (κ1) is 20.4. The van der Waals surface area contributed by atoms with E-state index in [9.17, 15) is 0 Å². The highest BCUT2D eigenvalue weighted by Crippen LogP contribution is 2.33. The van der Waals surface area contributed by atoms with Crippen LogP contribution in [-0.2, 0) is 6.42 Å². The van der Waals surface area contributed by atoms with Crippen molar-refractivity contribution in [2.45, 2.75) is 18.8 Å². The molecule has 0 fully saturated rings. The highest BCUT2D eigenvalue weighted by molar-refractivity contribution is 5.79. The average molecular weight is 377 g/mol. The number of allylic oxidation sites excluding steroid dienone is 11. The van der Waals surface area contributed by atoms with Crippen LogP contribution in [0.1, 0.15) is 29.0 Å². The topological polar surface area (TPSA) is 0 Å². The summed E-state index contributed by atoms with van der Waals surface area (Å²) in [6.07, 6.45) is 22.4. The minimum absolute atomic E-state index is 0.396. The van der Waals surface area contributed by atoms with Crippen molar-refractivity contribution in [2.24, 2.45) is 0 Å². The number of rotatable bonds is 8. The van der Waals surface area contributed by atoms with Crippen molar-refractivity contribution >= 4 is 5.57 Å². The Kier molecular flexibility index (Phi) is 7.19. The van der Waals surface area contributed by atoms with Gasteiger partial charge in [-0.2, -0.15) is 0 Å². The predicted octanol–water partition coefficient (Wildman–Crippen LogP) is 7.99. The largest absolute Gasteiger partial charge is 0.0991 e. The monoisotopic (exact) mass is 376 g/mol. The van der Waals surface area contributed by atoms with Crippen molar-refractivity contribution in [2.75, 3.05) is 0 Å². The molecule has 3 rings (SSSR count). The summed E-state index contributed by atoms with van der Waals surface area (Å²) in [4.78, 5) is 0. The van der Waals surface area contributed by atoms with Crippen LogP contribution < -0.4 is 0 Å². The highest BCUT2D eigenvalue weighted by Gasteiger charge is 2.13. The van der Waals surface area contributed by atoms with Crippen LogP contribution in [0.15, 0.2) is 123 Å². The molecule has 2 aromatic rings. The van der Waals surface area contributed by atoms with Crippen molar-refractivity contribution in [3.8, 4) is 11.1 Å². The first-order valence-electron chi connectivity index (χ1n) is 10.1. The molecule has 0 aromatic heterocycles. The third-order valence-electron chi connectivity index (χ3n) is 5.10. The van der Waals surface area contributed by atoms with E-state index in [0.29, 0.717) is 5.92 Å². The van der Waals surface area contributed by atoms with Gasteiger partial charge in [0.1, 0.15) is 0 Å². The summed E-state index contributed by atoms with van der Waals surface area (Å²) in [6, 6.07) is 15.6. The summed E-state index contributed by atoms with van der Waals surface area (Å²) in [5, 5.41) is 0. The maximum atomic E-state index is 4.00. The van der Waals surface area contributed by atoms with Crippen molar-refractivity contribution in [3.63, 3.8) is 0 Å². The first-order valence-corrected chi connectivity index (χ1v) is 10.1. The molecule has 0 spiro atoms. The molecule has 0 saturated heterocycles. The van der Waals surface area contributed by atoms with E-state index in [1.165, 1.54) is 27.8 Å². The molecule has 1 atom stereocenters. The van der Waals surface area contributed by atoms with Crippen LogP contribution in [-0.4, -0.2) is 0 Å². The van der Waals surface area contributed by atoms with E-state index in [1.54, 1.807) is 0 Å². The van der Waals surface area contributed by atoms with Gasteiger partial charge in [0, 0.05) is 5.92 Å². The molecule has 29 heavy (non-hydrogen) atoms. The molecule has 0 nitrogen and oxygen atoms in total. The lowest BCUT2D eigenvalue weighted by atomic mass is 9.87. The molecular weight excluding hydrogens is 348 g/mol. The third kappa shape index (κ3) is 5.33. The lowest BCUT2D eigenvalue weighted by molar-refractivity contribution is 0.853. The molecule has 1 unspecified atom stereocenters. The number of benzene rings is 2. The lowest BCUT2D eigenvalue weighted by Crippen LogP contribution is -1.99. The Morgan fingerprint density at radius 3 is 2.59 bits per heavy atom. The van der Waals surface area contributed by atoms with Gasteiger partial charge in [-0.3, -0.25) is 0 Å². The molecule has 0 bridgehead atoms. The van der Waals surface area contributed by atoms with E-state index in [0.717, 1.165) is 18.4 Å². The van der Waals surface area contributed by atoms with Gasteiger partial charge >= 0.3 is 0 Å². The van der Waals surface area contributed by atoms with Crippen LogP contribution in [0.3, 0.4) is 0 Å². The molecule has 1 aliphatic carbocycles. The summed E-state index contributed by atoms with van der Waals surface area (Å²) in [7, 11) is 0. The Morgan fingerprint density at radius 1 is 0.966 bits per heavy atom. The maximum Gasteiger partial charge on any atom is 0.00561 e. The molecule has 0 amide bonds. The van der Waals surface area contributed by atoms with Crippen molar-refractivity contribution in [3.05, 3.63) is 140 Å². The van der Waals surface area contributed by atoms with Gasteiger partial charge < -0.3 is 0 Å². The molecule has 2 aromatic carbocycles. The summed E-state index contributed by atoms with van der Waals surface area (Å²) in [6.45, 7) is 11.6. The first-order chi connectivity index (χ1) is 14.2. The van der Waals surface area contributed by atoms with Gasteiger partial charge in [-0.1, -0.05) is 117 Å². The maximum absolute atomic E-state index is 4.00. The summed E-state index contributed by atoms with van der Waals surface area (Å²) in [5.41, 5.74) is 7.34. The van der Waals surface area contributed by atoms with E-state index in [1.807, 2.05) is 30.4 Å². The van der Waals surface area contributed by atoms with E-state index in [2.05, 4.69) is 92.6 Å². The van der Waals surface area contributed by atoms with Crippen LogP contribution in [0, 0.1) is 0 Å². The zero-order chi connectivity index (χ0) is 20.5. The molecule has 0 saturated carbocycles. The Balaban J connectivity index is 2.07. The van der Waals surface area contributed by atoms with Gasteiger partial charge in [-0.05, 0) is 52.3 Å². The second-order valence-corrected chi connectivity index (χ2v) is 7.13. The Morgan fingerprint density at radius 2 is 1.86 bits per heavy atom. The standard InChI is InChI=1S/C29H28/c1-4-7-9-14-23-15-12-18-26(19-23)29-21-27(24(6-3)13-5-2)20-28(22-29)25-16-10-8-11-17-25/h4-13,15-16,18-22,25H,1-3,14,17H2/b9-7+,24-13+. The minimum atomic E-state index is 0.396. The summed E-state index contributed by atoms with van der Waals surface area (Å²) < 4.78 is 0. The number of hydrogen-bond donors (Lipinski definition) is 0. The quantitative estimate of drug-likeness (QED) is 0.409. The fourth-order valence-electron chi connectivity index (χ4n) is 3.61. The lowest BCUT2D eigenvalue weighted by Gasteiger charge is -2.18. The molecule has 0 heteroatoms. The van der Waals surface area contributed by atoms with Gasteiger partial charge in [0.2, 0.25) is 0 Å². The Labute approximate surface area is 175 Å². The average Bonchev–Trinajstić information content (AvgIpc) is 2.78. The van der Waals surface area contributed by atoms with Gasteiger partial charge in [-0.15, -0.1) is 0 Å². The summed E-state index contributed by atoms with van der Waals surface area (Å²) >= 11 is 0.